The summed E-state index contributed by atoms with van der Waals surface area (Å²) in [7, 11) is 0. The van der Waals surface area contributed by atoms with Crippen LogP contribution < -0.4 is 15.0 Å². The van der Waals surface area contributed by atoms with E-state index in [1.54, 1.807) is 0 Å². The highest BCUT2D eigenvalue weighted by Gasteiger charge is 2.26. The first kappa shape index (κ1) is 30.9. The van der Waals surface area contributed by atoms with Crippen molar-refractivity contribution < 1.29 is 19.4 Å². The highest BCUT2D eigenvalue weighted by molar-refractivity contribution is 7.22. The van der Waals surface area contributed by atoms with Crippen LogP contribution in [0.1, 0.15) is 76.6 Å². The molecule has 47 heavy (non-hydrogen) atoms. The number of hydrogen-bond donors (Lipinski definition) is 2. The van der Waals surface area contributed by atoms with E-state index in [-0.39, 0.29) is 17.7 Å². The number of ether oxygens (including phenoxy) is 1. The number of thiazole rings is 1. The molecule has 5 aromatic rings. The van der Waals surface area contributed by atoms with E-state index in [9.17, 15) is 14.7 Å². The molecular weight excluding hydrogens is 609 g/mol. The molecule has 8 nitrogen and oxygen atoms in total. The van der Waals surface area contributed by atoms with Crippen molar-refractivity contribution >= 4 is 44.4 Å². The lowest BCUT2D eigenvalue weighted by Crippen LogP contribution is -2.33. The van der Waals surface area contributed by atoms with Gasteiger partial charge in [0, 0.05) is 24.2 Å². The number of nitrogens with zero attached hydrogens (tertiary/aromatic N) is 3. The first-order valence-corrected chi connectivity index (χ1v) is 17.2. The molecule has 1 aliphatic carbocycles. The first-order chi connectivity index (χ1) is 22.9. The number of benzene rings is 3. The highest BCUT2D eigenvalue weighted by atomic mass is 32.1. The van der Waals surface area contributed by atoms with Crippen molar-refractivity contribution in [3.63, 3.8) is 0 Å². The van der Waals surface area contributed by atoms with E-state index in [0.29, 0.717) is 47.5 Å². The molecule has 1 unspecified atom stereocenters. The fourth-order valence-electron chi connectivity index (χ4n) is 7.02. The first-order valence-electron chi connectivity index (χ1n) is 16.4. The normalized spacial score (nSPS) is 15.7. The van der Waals surface area contributed by atoms with Gasteiger partial charge in [-0.15, -0.1) is 0 Å². The van der Waals surface area contributed by atoms with Gasteiger partial charge in [-0.3, -0.25) is 10.1 Å². The topological polar surface area (TPSA) is 105 Å². The number of amides is 1. The van der Waals surface area contributed by atoms with Crippen molar-refractivity contribution in [2.24, 2.45) is 5.92 Å². The molecule has 0 radical (unpaired) electrons. The zero-order valence-electron chi connectivity index (χ0n) is 26.7. The number of anilines is 2. The number of rotatable bonds is 8. The number of carbonyl (C=O) groups is 2. The number of carbonyl (C=O) groups excluding carboxylic acids is 1. The molecule has 9 heteroatoms. The fourth-order valence-corrected chi connectivity index (χ4v) is 7.88. The molecule has 2 N–H and O–H groups in total. The molecule has 0 saturated heterocycles. The van der Waals surface area contributed by atoms with Crippen LogP contribution in [-0.2, 0) is 13.0 Å². The van der Waals surface area contributed by atoms with E-state index < -0.39 is 5.97 Å². The average molecular weight is 647 g/mol. The summed E-state index contributed by atoms with van der Waals surface area (Å²) in [5, 5.41) is 13.9. The molecular formula is C38H38N4O4S. The van der Waals surface area contributed by atoms with Gasteiger partial charge in [0.15, 0.2) is 10.8 Å². The Morgan fingerprint density at radius 3 is 2.57 bits per heavy atom. The summed E-state index contributed by atoms with van der Waals surface area (Å²) in [6, 6.07) is 23.1. The SMILES string of the molecule is Cc1c(OC(C)C2CCCCC2)cccc1-c1ccc(N2CCc3cccc(C(=O)Nc4nc5ccccc5s4)c3C2)nc1C(=O)O. The fraction of sp³-hybridized carbons (Fsp3) is 0.316. The zero-order valence-corrected chi connectivity index (χ0v) is 27.5. The van der Waals surface area contributed by atoms with Gasteiger partial charge in [-0.25, -0.2) is 14.8 Å². The molecule has 2 aromatic heterocycles. The van der Waals surface area contributed by atoms with Gasteiger partial charge in [-0.1, -0.05) is 67.0 Å². The summed E-state index contributed by atoms with van der Waals surface area (Å²) >= 11 is 1.44. The van der Waals surface area contributed by atoms with E-state index in [2.05, 4.69) is 17.2 Å². The van der Waals surface area contributed by atoms with Gasteiger partial charge in [0.05, 0.1) is 16.3 Å². The Labute approximate surface area is 278 Å². The highest BCUT2D eigenvalue weighted by Crippen LogP contribution is 2.36. The van der Waals surface area contributed by atoms with Crippen molar-refractivity contribution in [1.82, 2.24) is 9.97 Å². The Bertz CT molecular complexity index is 1930. The summed E-state index contributed by atoms with van der Waals surface area (Å²) in [5.74, 6) is 0.583. The van der Waals surface area contributed by atoms with Crippen LogP contribution in [0.3, 0.4) is 0 Å². The lowest BCUT2D eigenvalue weighted by atomic mass is 9.86. The molecule has 240 valence electrons. The summed E-state index contributed by atoms with van der Waals surface area (Å²) in [5.41, 5.74) is 5.70. The van der Waals surface area contributed by atoms with Crippen LogP contribution in [0.4, 0.5) is 10.9 Å². The predicted octanol–water partition coefficient (Wildman–Crippen LogP) is 8.53. The van der Waals surface area contributed by atoms with Crippen molar-refractivity contribution in [2.45, 2.75) is 65.0 Å². The van der Waals surface area contributed by atoms with Gasteiger partial charge < -0.3 is 14.7 Å². The number of fused-ring (bicyclic) bond motifs is 2. The number of aromatic carboxylic acids is 1. The van der Waals surface area contributed by atoms with Crippen LogP contribution in [-0.4, -0.2) is 39.6 Å². The van der Waals surface area contributed by atoms with E-state index in [1.165, 1.54) is 43.4 Å². The van der Waals surface area contributed by atoms with E-state index in [0.717, 1.165) is 38.2 Å². The molecule has 0 spiro atoms. The molecule has 1 saturated carbocycles. The van der Waals surface area contributed by atoms with Gasteiger partial charge >= 0.3 is 5.97 Å². The Hall–Kier alpha value is -4.76. The zero-order chi connectivity index (χ0) is 32.5. The number of nitrogens with one attached hydrogen (secondary N) is 1. The third kappa shape index (κ3) is 6.32. The molecule has 3 heterocycles. The summed E-state index contributed by atoms with van der Waals surface area (Å²) < 4.78 is 7.48. The molecule has 0 bridgehead atoms. The summed E-state index contributed by atoms with van der Waals surface area (Å²) in [6.45, 7) is 5.22. The maximum Gasteiger partial charge on any atom is 0.355 e. The molecule has 7 rings (SSSR count). The second-order valence-corrected chi connectivity index (χ2v) is 13.6. The van der Waals surface area contributed by atoms with E-state index >= 15 is 0 Å². The van der Waals surface area contributed by atoms with Crippen LogP contribution in [0.15, 0.2) is 72.8 Å². The Kier molecular flexibility index (Phi) is 8.64. The molecule has 3 aromatic carbocycles. The summed E-state index contributed by atoms with van der Waals surface area (Å²) in [4.78, 5) is 37.4. The Balaban J connectivity index is 1.14. The van der Waals surface area contributed by atoms with Gasteiger partial charge in [0.2, 0.25) is 0 Å². The smallest absolute Gasteiger partial charge is 0.355 e. The second kappa shape index (κ2) is 13.2. The second-order valence-electron chi connectivity index (χ2n) is 12.6. The van der Waals surface area contributed by atoms with Crippen LogP contribution in [0, 0.1) is 12.8 Å². The largest absolute Gasteiger partial charge is 0.490 e. The van der Waals surface area contributed by atoms with Gasteiger partial charge in [-0.2, -0.15) is 0 Å². The van der Waals surface area contributed by atoms with Crippen molar-refractivity contribution in [3.8, 4) is 16.9 Å². The van der Waals surface area contributed by atoms with E-state index in [1.807, 2.05) is 84.6 Å². The molecule has 1 aliphatic heterocycles. The maximum atomic E-state index is 13.5. The minimum atomic E-state index is -1.09. The molecule has 2 aliphatic rings. The van der Waals surface area contributed by atoms with Gasteiger partial charge in [0.1, 0.15) is 11.6 Å². The quantitative estimate of drug-likeness (QED) is 0.174. The number of aromatic nitrogens is 2. The minimum absolute atomic E-state index is 0.00394. The van der Waals surface area contributed by atoms with Crippen molar-refractivity contribution in [2.75, 3.05) is 16.8 Å². The number of hydrogen-bond acceptors (Lipinski definition) is 7. The molecule has 1 atom stereocenters. The standard InChI is InChI=1S/C38H38N4O4S/c1-23-27(13-9-16-32(23)46-24(2)25-10-4-3-5-11-25)28-18-19-34(40-35(28)37(44)45)42-21-20-26-12-8-14-29(30(26)22-42)36(43)41-38-39-31-15-6-7-17-33(31)47-38/h6-9,12-19,24-25H,3-5,10-11,20-22H2,1-2H3,(H,44,45)(H,39,41,43). The van der Waals surface area contributed by atoms with Gasteiger partial charge in [0.25, 0.3) is 5.91 Å². The Morgan fingerprint density at radius 2 is 1.77 bits per heavy atom. The van der Waals surface area contributed by atoms with Gasteiger partial charge in [-0.05, 0) is 97.7 Å². The van der Waals surface area contributed by atoms with Crippen molar-refractivity contribution in [3.05, 3.63) is 101 Å². The number of carboxylic acid groups (broad SMARTS) is 1. The molecule has 1 amide bonds. The third-order valence-corrected chi connectivity index (χ3v) is 10.6. The van der Waals surface area contributed by atoms with Crippen LogP contribution in [0.5, 0.6) is 5.75 Å². The third-order valence-electron chi connectivity index (χ3n) is 9.64. The lowest BCUT2D eigenvalue weighted by molar-refractivity contribution is 0.0691. The summed E-state index contributed by atoms with van der Waals surface area (Å²) in [6.07, 6.45) is 6.97. The predicted molar refractivity (Wildman–Crippen MR) is 187 cm³/mol. The average Bonchev–Trinajstić information content (AvgIpc) is 3.51. The number of pyridine rings is 1. The van der Waals surface area contributed by atoms with Crippen LogP contribution in [0.2, 0.25) is 0 Å². The van der Waals surface area contributed by atoms with E-state index in [4.69, 9.17) is 9.72 Å². The number of carboxylic acids is 1. The monoisotopic (exact) mass is 646 g/mol. The minimum Gasteiger partial charge on any atom is -0.490 e. The van der Waals surface area contributed by atoms with Crippen LogP contribution in [0.25, 0.3) is 21.3 Å². The molecule has 1 fully saturated rings. The maximum absolute atomic E-state index is 13.5. The number of para-hydroxylation sites is 1. The lowest BCUT2D eigenvalue weighted by Gasteiger charge is -2.31. The Morgan fingerprint density at radius 1 is 0.957 bits per heavy atom. The van der Waals surface area contributed by atoms with Crippen molar-refractivity contribution in [1.29, 1.82) is 0 Å². The van der Waals surface area contributed by atoms with Crippen LogP contribution >= 0.6 is 11.3 Å².